The highest BCUT2D eigenvalue weighted by molar-refractivity contribution is 6.09. The van der Waals surface area contributed by atoms with E-state index in [1.54, 1.807) is 7.11 Å². The molecule has 0 radical (unpaired) electrons. The zero-order chi connectivity index (χ0) is 22.5. The van der Waals surface area contributed by atoms with E-state index >= 15 is 0 Å². The van der Waals surface area contributed by atoms with E-state index in [2.05, 4.69) is 65.8 Å². The molecule has 1 heterocycles. The molecule has 2 N–H and O–H groups in total. The highest BCUT2D eigenvalue weighted by atomic mass is 16.5. The Morgan fingerprint density at radius 3 is 2.28 bits per heavy atom. The maximum atomic E-state index is 13.3. The summed E-state index contributed by atoms with van der Waals surface area (Å²) >= 11 is 0. The molecule has 0 bridgehead atoms. The number of anilines is 2. The summed E-state index contributed by atoms with van der Waals surface area (Å²) in [5, 5.41) is 6.42. The molecular formula is C27H31N3O2. The van der Waals surface area contributed by atoms with Crippen molar-refractivity contribution in [3.05, 3.63) is 77.9 Å². The molecule has 3 aromatic rings. The van der Waals surface area contributed by atoms with Crippen LogP contribution in [0.3, 0.4) is 0 Å². The van der Waals surface area contributed by atoms with E-state index in [9.17, 15) is 4.79 Å². The van der Waals surface area contributed by atoms with Gasteiger partial charge >= 0.3 is 0 Å². The van der Waals surface area contributed by atoms with E-state index in [1.807, 2.05) is 30.3 Å². The molecule has 0 aliphatic carbocycles. The minimum Gasteiger partial charge on any atom is -0.496 e. The van der Waals surface area contributed by atoms with Crippen molar-refractivity contribution in [1.82, 2.24) is 5.32 Å². The third kappa shape index (κ3) is 4.78. The van der Waals surface area contributed by atoms with Crippen molar-refractivity contribution in [3.8, 4) is 16.9 Å². The van der Waals surface area contributed by atoms with Crippen molar-refractivity contribution >= 4 is 17.3 Å². The predicted molar refractivity (Wildman–Crippen MR) is 132 cm³/mol. The Morgan fingerprint density at radius 2 is 1.66 bits per heavy atom. The van der Waals surface area contributed by atoms with Crippen molar-refractivity contribution in [2.75, 3.05) is 43.5 Å². The second-order valence-electron chi connectivity index (χ2n) is 8.40. The van der Waals surface area contributed by atoms with Crippen LogP contribution in [0, 0.1) is 0 Å². The first-order valence-corrected chi connectivity index (χ1v) is 11.2. The number of ether oxygens (including phenoxy) is 1. The van der Waals surface area contributed by atoms with Gasteiger partial charge in [0, 0.05) is 43.1 Å². The van der Waals surface area contributed by atoms with Crippen molar-refractivity contribution in [2.24, 2.45) is 0 Å². The number of benzene rings is 3. The first-order valence-electron chi connectivity index (χ1n) is 11.2. The molecular weight excluding hydrogens is 398 g/mol. The Bertz CT molecular complexity index is 1050. The number of piperazine rings is 1. The number of nitrogens with one attached hydrogen (secondary N) is 2. The van der Waals surface area contributed by atoms with Crippen molar-refractivity contribution in [1.29, 1.82) is 0 Å². The van der Waals surface area contributed by atoms with Gasteiger partial charge in [0.2, 0.25) is 0 Å². The lowest BCUT2D eigenvalue weighted by Gasteiger charge is -2.29. The Kier molecular flexibility index (Phi) is 6.76. The zero-order valence-corrected chi connectivity index (χ0v) is 19.0. The SMILES string of the molecule is COc1cccc(C(=O)Nc2ccc(N3CCNCC3)cc2)c1-c1ccc(C(C)C)cc1. The summed E-state index contributed by atoms with van der Waals surface area (Å²) in [4.78, 5) is 15.6. The molecule has 0 saturated carbocycles. The van der Waals surface area contributed by atoms with Gasteiger partial charge in [-0.15, -0.1) is 0 Å². The molecule has 1 saturated heterocycles. The van der Waals surface area contributed by atoms with E-state index in [0.717, 1.165) is 43.0 Å². The third-order valence-corrected chi connectivity index (χ3v) is 5.96. The zero-order valence-electron chi connectivity index (χ0n) is 19.0. The second kappa shape index (κ2) is 9.88. The standard InChI is InChI=1S/C27H31N3O2/c1-19(2)20-7-9-21(10-8-20)26-24(5-4-6-25(26)32-3)27(31)29-22-11-13-23(14-12-22)30-17-15-28-16-18-30/h4-14,19,28H,15-18H2,1-3H3,(H,29,31). The molecule has 5 heteroatoms. The molecule has 1 fully saturated rings. The summed E-state index contributed by atoms with van der Waals surface area (Å²) in [7, 11) is 1.64. The fraction of sp³-hybridized carbons (Fsp3) is 0.296. The monoisotopic (exact) mass is 429 g/mol. The van der Waals surface area contributed by atoms with Crippen LogP contribution in [0.5, 0.6) is 5.75 Å². The second-order valence-corrected chi connectivity index (χ2v) is 8.40. The average molecular weight is 430 g/mol. The number of hydrogen-bond donors (Lipinski definition) is 2. The van der Waals surface area contributed by atoms with Crippen LogP contribution in [0.1, 0.15) is 35.7 Å². The Balaban J connectivity index is 1.58. The van der Waals surface area contributed by atoms with Crippen LogP contribution in [-0.2, 0) is 0 Å². The van der Waals surface area contributed by atoms with Crippen LogP contribution in [0.2, 0.25) is 0 Å². The minimum atomic E-state index is -0.151. The molecule has 166 valence electrons. The Labute approximate surface area is 190 Å². The smallest absolute Gasteiger partial charge is 0.256 e. The topological polar surface area (TPSA) is 53.6 Å². The highest BCUT2D eigenvalue weighted by Crippen LogP contribution is 2.34. The van der Waals surface area contributed by atoms with Gasteiger partial charge in [0.15, 0.2) is 0 Å². The van der Waals surface area contributed by atoms with Crippen LogP contribution in [0.15, 0.2) is 66.7 Å². The summed E-state index contributed by atoms with van der Waals surface area (Å²) in [5.74, 6) is 0.986. The van der Waals surface area contributed by atoms with Gasteiger partial charge in [0.1, 0.15) is 5.75 Å². The molecule has 1 aliphatic heterocycles. The van der Waals surface area contributed by atoms with Gasteiger partial charge in [-0.05, 0) is 53.4 Å². The molecule has 3 aromatic carbocycles. The van der Waals surface area contributed by atoms with Crippen molar-refractivity contribution in [2.45, 2.75) is 19.8 Å². The molecule has 1 aliphatic rings. The molecule has 1 amide bonds. The molecule has 4 rings (SSSR count). The lowest BCUT2D eigenvalue weighted by atomic mass is 9.95. The molecule has 0 atom stereocenters. The highest BCUT2D eigenvalue weighted by Gasteiger charge is 2.18. The predicted octanol–water partition coefficient (Wildman–Crippen LogP) is 5.15. The maximum absolute atomic E-state index is 13.3. The number of amides is 1. The van der Waals surface area contributed by atoms with Gasteiger partial charge in [-0.1, -0.05) is 44.2 Å². The van der Waals surface area contributed by atoms with Crippen LogP contribution in [-0.4, -0.2) is 39.2 Å². The van der Waals surface area contributed by atoms with Gasteiger partial charge in [-0.25, -0.2) is 0 Å². The van der Waals surface area contributed by atoms with Crippen LogP contribution < -0.4 is 20.3 Å². The van der Waals surface area contributed by atoms with E-state index in [1.165, 1.54) is 11.3 Å². The van der Waals surface area contributed by atoms with Gasteiger partial charge in [0.25, 0.3) is 5.91 Å². The first kappa shape index (κ1) is 21.9. The van der Waals surface area contributed by atoms with E-state index in [4.69, 9.17) is 4.74 Å². The molecule has 0 spiro atoms. The Hall–Kier alpha value is -3.31. The summed E-state index contributed by atoms with van der Waals surface area (Å²) in [6.45, 7) is 8.32. The van der Waals surface area contributed by atoms with Gasteiger partial charge in [-0.2, -0.15) is 0 Å². The van der Waals surface area contributed by atoms with E-state index in [0.29, 0.717) is 17.2 Å². The number of carbonyl (C=O) groups excluding carboxylic acids is 1. The minimum absolute atomic E-state index is 0.151. The summed E-state index contributed by atoms with van der Waals surface area (Å²) in [5.41, 5.74) is 5.58. The van der Waals surface area contributed by atoms with Crippen LogP contribution in [0.4, 0.5) is 11.4 Å². The maximum Gasteiger partial charge on any atom is 0.256 e. The van der Waals surface area contributed by atoms with Gasteiger partial charge < -0.3 is 20.3 Å². The molecule has 0 unspecified atom stereocenters. The third-order valence-electron chi connectivity index (χ3n) is 5.96. The van der Waals surface area contributed by atoms with Gasteiger partial charge in [0.05, 0.1) is 12.7 Å². The van der Waals surface area contributed by atoms with E-state index < -0.39 is 0 Å². The molecule has 32 heavy (non-hydrogen) atoms. The normalized spacial score (nSPS) is 13.8. The largest absolute Gasteiger partial charge is 0.496 e. The number of hydrogen-bond acceptors (Lipinski definition) is 4. The number of methoxy groups -OCH3 is 1. The Morgan fingerprint density at radius 1 is 0.969 bits per heavy atom. The van der Waals surface area contributed by atoms with Gasteiger partial charge in [-0.3, -0.25) is 4.79 Å². The fourth-order valence-electron chi connectivity index (χ4n) is 4.10. The van der Waals surface area contributed by atoms with Crippen LogP contribution >= 0.6 is 0 Å². The lowest BCUT2D eigenvalue weighted by molar-refractivity contribution is 0.102. The summed E-state index contributed by atoms with van der Waals surface area (Å²) in [6, 6.07) is 22.0. The van der Waals surface area contributed by atoms with Crippen molar-refractivity contribution in [3.63, 3.8) is 0 Å². The average Bonchev–Trinajstić information content (AvgIpc) is 2.84. The number of nitrogens with zero attached hydrogens (tertiary/aromatic N) is 1. The summed E-state index contributed by atoms with van der Waals surface area (Å²) in [6.07, 6.45) is 0. The number of carbonyl (C=O) groups is 1. The summed E-state index contributed by atoms with van der Waals surface area (Å²) < 4.78 is 5.61. The molecule has 5 nitrogen and oxygen atoms in total. The van der Waals surface area contributed by atoms with Crippen LogP contribution in [0.25, 0.3) is 11.1 Å². The number of rotatable bonds is 6. The lowest BCUT2D eigenvalue weighted by Crippen LogP contribution is -2.43. The molecule has 0 aromatic heterocycles. The first-order chi connectivity index (χ1) is 15.6. The van der Waals surface area contributed by atoms with E-state index in [-0.39, 0.29) is 5.91 Å². The fourth-order valence-corrected chi connectivity index (χ4v) is 4.10. The quantitative estimate of drug-likeness (QED) is 0.569. The van der Waals surface area contributed by atoms with Crippen molar-refractivity contribution < 1.29 is 9.53 Å².